The largest absolute Gasteiger partial charge is 0.455 e. The monoisotopic (exact) mass is 640 g/mol. The number of hydrogen-bond donors (Lipinski definition) is 0. The molecule has 0 bridgehead atoms. The van der Waals surface area contributed by atoms with Crippen LogP contribution in [0.4, 0.5) is 0 Å². The Morgan fingerprint density at radius 2 is 1.15 bits per heavy atom. The van der Waals surface area contributed by atoms with E-state index in [1.807, 2.05) is 73.1 Å². The maximum absolute atomic E-state index is 13.5. The molecule has 1 aliphatic rings. The highest BCUT2D eigenvalue weighted by Gasteiger charge is 2.25. The molecule has 5 aromatic carbocycles. The van der Waals surface area contributed by atoms with Crippen molar-refractivity contribution in [2.75, 3.05) is 0 Å². The number of aromatic nitrogens is 2. The zero-order valence-electron chi connectivity index (χ0n) is 25.8. The highest BCUT2D eigenvalue weighted by atomic mass is 32.2. The van der Waals surface area contributed by atoms with Crippen LogP contribution in [-0.4, -0.2) is 18.4 Å². The van der Waals surface area contributed by atoms with E-state index in [0.29, 0.717) is 0 Å². The molecule has 0 saturated carbocycles. The highest BCUT2D eigenvalue weighted by molar-refractivity contribution is 7.89. The van der Waals surface area contributed by atoms with Gasteiger partial charge in [0.15, 0.2) is 9.84 Å². The second-order valence-corrected chi connectivity index (χ2v) is 14.4. The maximum atomic E-state index is 13.5. The number of sulfone groups is 1. The number of nitrogens with zero attached hydrogens (tertiary/aromatic N) is 2. The van der Waals surface area contributed by atoms with Gasteiger partial charge >= 0.3 is 0 Å². The molecule has 0 spiro atoms. The fraction of sp³-hybridized carbons (Fsp3) is 0.0476. The van der Waals surface area contributed by atoms with E-state index in [0.717, 1.165) is 88.7 Å². The van der Waals surface area contributed by atoms with Crippen LogP contribution in [0.1, 0.15) is 11.1 Å². The van der Waals surface area contributed by atoms with E-state index in [2.05, 4.69) is 70.6 Å². The van der Waals surface area contributed by atoms with Gasteiger partial charge in [-0.25, -0.2) is 8.42 Å². The van der Waals surface area contributed by atoms with E-state index in [4.69, 9.17) is 4.42 Å². The first kappa shape index (κ1) is 28.4. The first-order valence-corrected chi connectivity index (χ1v) is 17.6. The smallest absolute Gasteiger partial charge is 0.158 e. The van der Waals surface area contributed by atoms with Crippen LogP contribution in [0.15, 0.2) is 151 Å². The molecule has 4 heterocycles. The summed E-state index contributed by atoms with van der Waals surface area (Å²) in [7, 11) is -3.41. The molecule has 0 fully saturated rings. The molecule has 1 aliphatic heterocycles. The van der Waals surface area contributed by atoms with Crippen molar-refractivity contribution in [3.63, 3.8) is 0 Å². The standard InChI is InChI=1S/C42H28N2O3S/c45-48(46)25-31-13-12-28(37-9-3-10-39-38-8-1-2-11-41(38)47-42(37)39)22-40(31)36-15-14-27(18-35(36)26-48)32-19-33(29-6-4-16-43-23-29)21-34(20-32)30-7-5-17-44-24-30/h1-24H,25-26H2. The Balaban J connectivity index is 1.20. The van der Waals surface area contributed by atoms with Crippen LogP contribution in [0.2, 0.25) is 0 Å². The molecule has 0 N–H and O–H groups in total. The Hall–Kier alpha value is -5.85. The van der Waals surface area contributed by atoms with Crippen molar-refractivity contribution in [3.8, 4) is 55.6 Å². The average molecular weight is 641 g/mol. The van der Waals surface area contributed by atoms with E-state index >= 15 is 0 Å². The Bertz CT molecular complexity index is 2570. The zero-order chi connectivity index (χ0) is 32.2. The van der Waals surface area contributed by atoms with E-state index in [1.165, 1.54) is 0 Å². The van der Waals surface area contributed by atoms with E-state index in [1.54, 1.807) is 12.4 Å². The van der Waals surface area contributed by atoms with Crippen molar-refractivity contribution >= 4 is 31.8 Å². The number of hydrogen-bond acceptors (Lipinski definition) is 5. The van der Waals surface area contributed by atoms with Gasteiger partial charge in [0.1, 0.15) is 11.2 Å². The molecule has 0 atom stereocenters. The van der Waals surface area contributed by atoms with E-state index in [-0.39, 0.29) is 11.5 Å². The lowest BCUT2D eigenvalue weighted by molar-refractivity contribution is 0.595. The lowest BCUT2D eigenvalue weighted by atomic mass is 9.89. The van der Waals surface area contributed by atoms with Gasteiger partial charge in [0.05, 0.1) is 11.5 Å². The highest BCUT2D eigenvalue weighted by Crippen LogP contribution is 2.42. The first-order valence-electron chi connectivity index (χ1n) is 15.8. The predicted octanol–water partition coefficient (Wildman–Crippen LogP) is 10.1. The van der Waals surface area contributed by atoms with Crippen LogP contribution in [0, 0.1) is 0 Å². The molecular formula is C42H28N2O3S. The van der Waals surface area contributed by atoms with Crippen molar-refractivity contribution in [1.82, 2.24) is 9.97 Å². The fourth-order valence-corrected chi connectivity index (χ4v) is 8.51. The third-order valence-electron chi connectivity index (χ3n) is 9.23. The van der Waals surface area contributed by atoms with Gasteiger partial charge in [0.2, 0.25) is 0 Å². The summed E-state index contributed by atoms with van der Waals surface area (Å²) in [5.41, 5.74) is 13.1. The number of fused-ring (bicyclic) bond motifs is 6. The third-order valence-corrected chi connectivity index (χ3v) is 10.7. The van der Waals surface area contributed by atoms with Crippen molar-refractivity contribution in [2.45, 2.75) is 11.5 Å². The second-order valence-electron chi connectivity index (χ2n) is 12.3. The van der Waals surface area contributed by atoms with Gasteiger partial charge in [-0.3, -0.25) is 9.97 Å². The quantitative estimate of drug-likeness (QED) is 0.191. The maximum Gasteiger partial charge on any atom is 0.158 e. The molecule has 0 unspecified atom stereocenters. The topological polar surface area (TPSA) is 73.1 Å². The molecular weight excluding hydrogens is 613 g/mol. The zero-order valence-corrected chi connectivity index (χ0v) is 26.6. The summed E-state index contributed by atoms with van der Waals surface area (Å²) in [5, 5.41) is 2.14. The summed E-state index contributed by atoms with van der Waals surface area (Å²) >= 11 is 0. The van der Waals surface area contributed by atoms with Gasteiger partial charge in [-0.1, -0.05) is 72.8 Å². The molecule has 5 nitrogen and oxygen atoms in total. The average Bonchev–Trinajstić information content (AvgIpc) is 3.46. The lowest BCUT2D eigenvalue weighted by Gasteiger charge is -2.15. The van der Waals surface area contributed by atoms with Gasteiger partial charge in [-0.15, -0.1) is 0 Å². The van der Waals surface area contributed by atoms with Crippen LogP contribution in [0.3, 0.4) is 0 Å². The molecule has 48 heavy (non-hydrogen) atoms. The molecule has 0 aliphatic carbocycles. The molecule has 0 radical (unpaired) electrons. The minimum absolute atomic E-state index is 0.0108. The lowest BCUT2D eigenvalue weighted by Crippen LogP contribution is -2.05. The number of pyridine rings is 2. The Morgan fingerprint density at radius 1 is 0.479 bits per heavy atom. The van der Waals surface area contributed by atoms with Crippen molar-refractivity contribution in [1.29, 1.82) is 0 Å². The Kier molecular flexibility index (Phi) is 6.59. The van der Waals surface area contributed by atoms with Crippen molar-refractivity contribution < 1.29 is 12.8 Å². The van der Waals surface area contributed by atoms with Crippen LogP contribution in [-0.2, 0) is 21.3 Å². The summed E-state index contributed by atoms with van der Waals surface area (Å²) in [6.07, 6.45) is 7.25. The SMILES string of the molecule is O=S1(=O)Cc2cc(-c3cc(-c4cccnc4)cc(-c4cccnc4)c3)ccc2-c2cc(-c3cccc4c3oc3ccccc34)ccc2C1. The van der Waals surface area contributed by atoms with E-state index in [9.17, 15) is 8.42 Å². The fourth-order valence-electron chi connectivity index (χ4n) is 6.97. The van der Waals surface area contributed by atoms with Crippen molar-refractivity contribution in [2.24, 2.45) is 0 Å². The molecule has 3 aromatic heterocycles. The van der Waals surface area contributed by atoms with Gasteiger partial charge in [-0.05, 0) is 98.6 Å². The second kappa shape index (κ2) is 11.1. The van der Waals surface area contributed by atoms with Crippen LogP contribution in [0.25, 0.3) is 77.6 Å². The van der Waals surface area contributed by atoms with Crippen LogP contribution < -0.4 is 0 Å². The summed E-state index contributed by atoms with van der Waals surface area (Å²) in [6, 6.07) is 41.0. The van der Waals surface area contributed by atoms with Crippen LogP contribution >= 0.6 is 0 Å². The summed E-state index contributed by atoms with van der Waals surface area (Å²) in [6.45, 7) is 0. The molecule has 8 aromatic rings. The molecule has 0 saturated heterocycles. The van der Waals surface area contributed by atoms with Gasteiger partial charge in [0.25, 0.3) is 0 Å². The van der Waals surface area contributed by atoms with Gasteiger partial charge < -0.3 is 4.42 Å². The minimum atomic E-state index is -3.41. The Morgan fingerprint density at radius 3 is 1.88 bits per heavy atom. The molecule has 9 rings (SSSR count). The normalized spacial score (nSPS) is 13.6. The summed E-state index contributed by atoms with van der Waals surface area (Å²) in [5.74, 6) is -0.0415. The minimum Gasteiger partial charge on any atom is -0.455 e. The van der Waals surface area contributed by atoms with Gasteiger partial charge in [0, 0.05) is 52.3 Å². The van der Waals surface area contributed by atoms with E-state index < -0.39 is 9.84 Å². The first-order chi connectivity index (χ1) is 23.5. The van der Waals surface area contributed by atoms with Crippen LogP contribution in [0.5, 0.6) is 0 Å². The van der Waals surface area contributed by atoms with Gasteiger partial charge in [-0.2, -0.15) is 0 Å². The third kappa shape index (κ3) is 4.98. The summed E-state index contributed by atoms with van der Waals surface area (Å²) in [4.78, 5) is 8.69. The predicted molar refractivity (Wildman–Crippen MR) is 193 cm³/mol. The number of furan rings is 1. The summed E-state index contributed by atoms with van der Waals surface area (Å²) < 4.78 is 33.4. The number of para-hydroxylation sites is 2. The number of rotatable bonds is 4. The Labute approximate surface area is 278 Å². The molecule has 0 amide bonds. The number of benzene rings is 5. The molecule has 230 valence electrons. The molecule has 6 heteroatoms. The van der Waals surface area contributed by atoms with Crippen molar-refractivity contribution in [3.05, 3.63) is 157 Å².